The number of hydrogen-bond donors (Lipinski definition) is 2. The first-order valence-corrected chi connectivity index (χ1v) is 6.99. The van der Waals surface area contributed by atoms with Crippen LogP contribution in [-0.4, -0.2) is 48.5 Å². The van der Waals surface area contributed by atoms with Gasteiger partial charge in [0.1, 0.15) is 0 Å². The standard InChI is InChI=1S/C14H21FN4O/c1-3-16-13-12(15)11(4-7-17-13)14(20)18-10-5-8-19(2)9-6-10/h4,7,10H,3,5-6,8-9H2,1-2H3,(H,16,17)(H,18,20). The molecule has 1 fully saturated rings. The summed E-state index contributed by atoms with van der Waals surface area (Å²) < 4.78 is 14.1. The van der Waals surface area contributed by atoms with Crippen LogP contribution < -0.4 is 10.6 Å². The summed E-state index contributed by atoms with van der Waals surface area (Å²) in [6, 6.07) is 1.54. The molecule has 1 aromatic heterocycles. The lowest BCUT2D eigenvalue weighted by atomic mass is 10.0. The molecule has 0 aliphatic carbocycles. The molecule has 2 N–H and O–H groups in total. The number of nitrogens with one attached hydrogen (secondary N) is 2. The second kappa shape index (κ2) is 6.65. The maximum atomic E-state index is 14.1. The molecule has 1 saturated heterocycles. The number of piperidine rings is 1. The Labute approximate surface area is 118 Å². The van der Waals surface area contributed by atoms with Crippen LogP contribution in [0.4, 0.5) is 10.2 Å². The number of aromatic nitrogens is 1. The van der Waals surface area contributed by atoms with Crippen molar-refractivity contribution in [2.45, 2.75) is 25.8 Å². The Kier molecular flexibility index (Phi) is 4.89. The Morgan fingerprint density at radius 1 is 1.50 bits per heavy atom. The lowest BCUT2D eigenvalue weighted by Crippen LogP contribution is -2.43. The van der Waals surface area contributed by atoms with Gasteiger partial charge in [0, 0.05) is 18.8 Å². The monoisotopic (exact) mass is 280 g/mol. The van der Waals surface area contributed by atoms with Crippen molar-refractivity contribution < 1.29 is 9.18 Å². The topological polar surface area (TPSA) is 57.3 Å². The summed E-state index contributed by atoms with van der Waals surface area (Å²) in [7, 11) is 2.06. The minimum Gasteiger partial charge on any atom is -0.368 e. The van der Waals surface area contributed by atoms with Crippen molar-refractivity contribution in [2.75, 3.05) is 32.0 Å². The smallest absolute Gasteiger partial charge is 0.254 e. The van der Waals surface area contributed by atoms with Gasteiger partial charge in [0.05, 0.1) is 5.56 Å². The van der Waals surface area contributed by atoms with Crippen LogP contribution in [0.25, 0.3) is 0 Å². The average molecular weight is 280 g/mol. The zero-order chi connectivity index (χ0) is 14.5. The Morgan fingerprint density at radius 3 is 2.85 bits per heavy atom. The largest absolute Gasteiger partial charge is 0.368 e. The van der Waals surface area contributed by atoms with E-state index in [9.17, 15) is 9.18 Å². The zero-order valence-corrected chi connectivity index (χ0v) is 11.9. The lowest BCUT2D eigenvalue weighted by Gasteiger charge is -2.29. The van der Waals surface area contributed by atoms with E-state index in [2.05, 4.69) is 27.6 Å². The molecule has 110 valence electrons. The Hall–Kier alpha value is -1.69. The van der Waals surface area contributed by atoms with Gasteiger partial charge in [-0.05, 0) is 46.0 Å². The van der Waals surface area contributed by atoms with E-state index in [1.807, 2.05) is 6.92 Å². The molecule has 0 radical (unpaired) electrons. The second-order valence-electron chi connectivity index (χ2n) is 5.10. The third-order valence-electron chi connectivity index (χ3n) is 3.53. The second-order valence-corrected chi connectivity index (χ2v) is 5.10. The summed E-state index contributed by atoms with van der Waals surface area (Å²) in [6.07, 6.45) is 3.24. The van der Waals surface area contributed by atoms with Crippen molar-refractivity contribution in [3.05, 3.63) is 23.6 Å². The molecule has 2 rings (SSSR count). The number of amides is 1. The highest BCUT2D eigenvalue weighted by Crippen LogP contribution is 2.16. The van der Waals surface area contributed by atoms with E-state index in [1.165, 1.54) is 12.3 Å². The van der Waals surface area contributed by atoms with Gasteiger partial charge in [0.2, 0.25) is 0 Å². The average Bonchev–Trinajstić information content (AvgIpc) is 2.44. The summed E-state index contributed by atoms with van der Waals surface area (Å²) in [5, 5.41) is 5.71. The van der Waals surface area contributed by atoms with Crippen LogP contribution in [-0.2, 0) is 0 Å². The van der Waals surface area contributed by atoms with E-state index in [1.54, 1.807) is 0 Å². The first-order chi connectivity index (χ1) is 9.61. The van der Waals surface area contributed by atoms with Gasteiger partial charge in [-0.25, -0.2) is 9.37 Å². The molecule has 20 heavy (non-hydrogen) atoms. The number of anilines is 1. The molecule has 1 aliphatic heterocycles. The van der Waals surface area contributed by atoms with Crippen LogP contribution in [0.5, 0.6) is 0 Å². The number of likely N-dealkylation sites (tertiary alicyclic amines) is 1. The van der Waals surface area contributed by atoms with Gasteiger partial charge in [0.15, 0.2) is 11.6 Å². The van der Waals surface area contributed by atoms with Crippen LogP contribution >= 0.6 is 0 Å². The van der Waals surface area contributed by atoms with Crippen molar-refractivity contribution in [3.63, 3.8) is 0 Å². The van der Waals surface area contributed by atoms with Crippen LogP contribution in [0.15, 0.2) is 12.3 Å². The molecule has 1 amide bonds. The van der Waals surface area contributed by atoms with Gasteiger partial charge in [-0.2, -0.15) is 0 Å². The summed E-state index contributed by atoms with van der Waals surface area (Å²) in [5.41, 5.74) is 0.0508. The molecule has 0 spiro atoms. The first kappa shape index (κ1) is 14.7. The molecule has 1 aromatic rings. The summed E-state index contributed by atoms with van der Waals surface area (Å²) in [4.78, 5) is 18.3. The number of hydrogen-bond acceptors (Lipinski definition) is 4. The maximum Gasteiger partial charge on any atom is 0.254 e. The molecule has 0 bridgehead atoms. The molecule has 2 heterocycles. The summed E-state index contributed by atoms with van der Waals surface area (Å²) in [5.74, 6) is -0.818. The highest BCUT2D eigenvalue weighted by atomic mass is 19.1. The van der Waals surface area contributed by atoms with Gasteiger partial charge in [0.25, 0.3) is 5.91 Å². The molecule has 5 nitrogen and oxygen atoms in total. The van der Waals surface area contributed by atoms with E-state index in [0.717, 1.165) is 25.9 Å². The fraction of sp³-hybridized carbons (Fsp3) is 0.571. The molecule has 0 atom stereocenters. The van der Waals surface area contributed by atoms with Gasteiger partial charge in [-0.3, -0.25) is 4.79 Å². The Morgan fingerprint density at radius 2 is 2.20 bits per heavy atom. The Bertz CT molecular complexity index is 472. The fourth-order valence-electron chi connectivity index (χ4n) is 2.33. The highest BCUT2D eigenvalue weighted by molar-refractivity contribution is 5.95. The predicted molar refractivity (Wildman–Crippen MR) is 76.3 cm³/mol. The zero-order valence-electron chi connectivity index (χ0n) is 11.9. The van der Waals surface area contributed by atoms with E-state index in [0.29, 0.717) is 6.54 Å². The molecule has 6 heteroatoms. The first-order valence-electron chi connectivity index (χ1n) is 6.99. The van der Waals surface area contributed by atoms with Crippen LogP contribution in [0.1, 0.15) is 30.1 Å². The van der Waals surface area contributed by atoms with Crippen molar-refractivity contribution in [2.24, 2.45) is 0 Å². The fourth-order valence-corrected chi connectivity index (χ4v) is 2.33. The summed E-state index contributed by atoms with van der Waals surface area (Å²) in [6.45, 7) is 4.31. The van der Waals surface area contributed by atoms with E-state index in [4.69, 9.17) is 0 Å². The van der Waals surface area contributed by atoms with E-state index < -0.39 is 5.82 Å². The van der Waals surface area contributed by atoms with Crippen LogP contribution in [0.3, 0.4) is 0 Å². The SMILES string of the molecule is CCNc1nccc(C(=O)NC2CCN(C)CC2)c1F. The molecule has 0 saturated carbocycles. The van der Waals surface area contributed by atoms with Crippen molar-refractivity contribution in [1.82, 2.24) is 15.2 Å². The van der Waals surface area contributed by atoms with Crippen molar-refractivity contribution in [3.8, 4) is 0 Å². The Balaban J connectivity index is 2.04. The number of rotatable bonds is 4. The predicted octanol–water partition coefficient (Wildman–Crippen LogP) is 1.48. The molecule has 0 unspecified atom stereocenters. The van der Waals surface area contributed by atoms with E-state index >= 15 is 0 Å². The molecular formula is C14H21FN4O. The quantitative estimate of drug-likeness (QED) is 0.877. The lowest BCUT2D eigenvalue weighted by molar-refractivity contribution is 0.0912. The number of carbonyl (C=O) groups is 1. The van der Waals surface area contributed by atoms with E-state index in [-0.39, 0.29) is 23.3 Å². The van der Waals surface area contributed by atoms with Gasteiger partial charge in [-0.15, -0.1) is 0 Å². The van der Waals surface area contributed by atoms with Gasteiger partial charge >= 0.3 is 0 Å². The number of halogens is 1. The number of carbonyl (C=O) groups excluding carboxylic acids is 1. The number of nitrogens with zero attached hydrogens (tertiary/aromatic N) is 2. The molecular weight excluding hydrogens is 259 g/mol. The highest BCUT2D eigenvalue weighted by Gasteiger charge is 2.21. The van der Waals surface area contributed by atoms with Gasteiger partial charge in [-0.1, -0.05) is 0 Å². The summed E-state index contributed by atoms with van der Waals surface area (Å²) >= 11 is 0. The normalized spacial score (nSPS) is 16.9. The van der Waals surface area contributed by atoms with Crippen molar-refractivity contribution in [1.29, 1.82) is 0 Å². The van der Waals surface area contributed by atoms with Gasteiger partial charge < -0.3 is 15.5 Å². The molecule has 1 aliphatic rings. The van der Waals surface area contributed by atoms with Crippen LogP contribution in [0.2, 0.25) is 0 Å². The maximum absolute atomic E-state index is 14.1. The minimum atomic E-state index is -0.584. The van der Waals surface area contributed by atoms with Crippen molar-refractivity contribution >= 4 is 11.7 Å². The third kappa shape index (κ3) is 3.45. The van der Waals surface area contributed by atoms with Crippen LogP contribution in [0, 0.1) is 5.82 Å². The minimum absolute atomic E-state index is 0.0508. The third-order valence-corrected chi connectivity index (χ3v) is 3.53. The number of pyridine rings is 1. The molecule has 0 aromatic carbocycles.